The van der Waals surface area contributed by atoms with Crippen LogP contribution < -0.4 is 0 Å². The summed E-state index contributed by atoms with van der Waals surface area (Å²) in [5.41, 5.74) is 1.09. The van der Waals surface area contributed by atoms with Crippen LogP contribution in [0.3, 0.4) is 0 Å². The van der Waals surface area contributed by atoms with E-state index in [1.54, 1.807) is 6.07 Å². The number of hydrogen-bond donors (Lipinski definition) is 1. The maximum atomic E-state index is 9.97. The van der Waals surface area contributed by atoms with Crippen molar-refractivity contribution in [2.24, 2.45) is 0 Å². The number of aromatic hydroxyl groups is 1. The standard InChI is InChI=1S/C21H34O2/c1-3-4-5-9-14-21(15-10-6-11-16-21)23-18(2)17-19-12-7-8-13-20(19)22/h7-8,12-13,18,22H,3-6,9-11,14-17H2,1-2H3. The summed E-state index contributed by atoms with van der Waals surface area (Å²) in [6.45, 7) is 4.43. The molecular formula is C21H34O2. The number of rotatable bonds is 9. The van der Waals surface area contributed by atoms with E-state index >= 15 is 0 Å². The Balaban J connectivity index is 1.92. The van der Waals surface area contributed by atoms with Crippen molar-refractivity contribution >= 4 is 0 Å². The predicted octanol–water partition coefficient (Wildman–Crippen LogP) is 6.01. The molecule has 1 saturated carbocycles. The Morgan fingerprint density at radius 3 is 2.52 bits per heavy atom. The minimum atomic E-state index is 0.0931. The molecule has 130 valence electrons. The van der Waals surface area contributed by atoms with Gasteiger partial charge in [-0.15, -0.1) is 0 Å². The third-order valence-corrected chi connectivity index (χ3v) is 5.20. The van der Waals surface area contributed by atoms with Crippen molar-refractivity contribution in [1.29, 1.82) is 0 Å². The van der Waals surface area contributed by atoms with E-state index in [2.05, 4.69) is 13.8 Å². The first-order chi connectivity index (χ1) is 11.2. The molecule has 0 aromatic heterocycles. The Bertz CT molecular complexity index is 449. The van der Waals surface area contributed by atoms with Gasteiger partial charge in [0.15, 0.2) is 0 Å². The van der Waals surface area contributed by atoms with Gasteiger partial charge in [-0.25, -0.2) is 0 Å². The van der Waals surface area contributed by atoms with Gasteiger partial charge in [0.1, 0.15) is 5.75 Å². The highest BCUT2D eigenvalue weighted by atomic mass is 16.5. The average molecular weight is 319 g/mol. The zero-order chi connectivity index (χ0) is 16.5. The van der Waals surface area contributed by atoms with Gasteiger partial charge >= 0.3 is 0 Å². The average Bonchev–Trinajstić information content (AvgIpc) is 2.55. The van der Waals surface area contributed by atoms with Gasteiger partial charge in [0.25, 0.3) is 0 Å². The monoisotopic (exact) mass is 318 g/mol. The van der Waals surface area contributed by atoms with E-state index in [1.807, 2.05) is 18.2 Å². The Morgan fingerprint density at radius 2 is 1.83 bits per heavy atom. The summed E-state index contributed by atoms with van der Waals surface area (Å²) in [7, 11) is 0. The van der Waals surface area contributed by atoms with Gasteiger partial charge in [0.2, 0.25) is 0 Å². The highest BCUT2D eigenvalue weighted by Gasteiger charge is 2.34. The molecule has 1 N–H and O–H groups in total. The molecule has 1 atom stereocenters. The molecule has 1 fully saturated rings. The molecule has 1 unspecified atom stereocenters. The molecule has 1 aliphatic carbocycles. The van der Waals surface area contributed by atoms with Crippen LogP contribution in [-0.4, -0.2) is 16.8 Å². The molecule has 0 aliphatic heterocycles. The van der Waals surface area contributed by atoms with Gasteiger partial charge in [-0.2, -0.15) is 0 Å². The van der Waals surface area contributed by atoms with E-state index < -0.39 is 0 Å². The van der Waals surface area contributed by atoms with Crippen molar-refractivity contribution in [1.82, 2.24) is 0 Å². The van der Waals surface area contributed by atoms with Crippen molar-refractivity contribution < 1.29 is 9.84 Å². The van der Waals surface area contributed by atoms with E-state index in [1.165, 1.54) is 64.2 Å². The van der Waals surface area contributed by atoms with Crippen LogP contribution in [0.5, 0.6) is 5.75 Å². The minimum Gasteiger partial charge on any atom is -0.508 e. The smallest absolute Gasteiger partial charge is 0.118 e. The van der Waals surface area contributed by atoms with Crippen molar-refractivity contribution in [3.05, 3.63) is 29.8 Å². The Hall–Kier alpha value is -1.02. The maximum absolute atomic E-state index is 9.97. The van der Waals surface area contributed by atoms with Crippen LogP contribution in [0.15, 0.2) is 24.3 Å². The molecule has 0 bridgehead atoms. The van der Waals surface area contributed by atoms with Gasteiger partial charge in [0, 0.05) is 6.42 Å². The van der Waals surface area contributed by atoms with Gasteiger partial charge in [-0.05, 0) is 37.8 Å². The molecule has 23 heavy (non-hydrogen) atoms. The van der Waals surface area contributed by atoms with Crippen LogP contribution in [0, 0.1) is 0 Å². The first-order valence-corrected chi connectivity index (χ1v) is 9.60. The number of phenolic OH excluding ortho intramolecular Hbond substituents is 1. The van der Waals surface area contributed by atoms with Crippen LogP contribution in [0.1, 0.15) is 83.6 Å². The highest BCUT2D eigenvalue weighted by molar-refractivity contribution is 5.32. The van der Waals surface area contributed by atoms with Crippen molar-refractivity contribution in [2.45, 2.75) is 96.2 Å². The summed E-state index contributed by atoms with van der Waals surface area (Å²) in [6.07, 6.45) is 13.8. The SMILES string of the molecule is CCCCCCC1(OC(C)Cc2ccccc2O)CCCCC1. The normalized spacial score (nSPS) is 18.7. The number of phenols is 1. The zero-order valence-electron chi connectivity index (χ0n) is 15.0. The maximum Gasteiger partial charge on any atom is 0.118 e. The van der Waals surface area contributed by atoms with E-state index in [4.69, 9.17) is 4.74 Å². The van der Waals surface area contributed by atoms with Crippen LogP contribution in [-0.2, 0) is 11.2 Å². The Kier molecular flexibility index (Phi) is 7.42. The van der Waals surface area contributed by atoms with Crippen molar-refractivity contribution in [3.8, 4) is 5.75 Å². The first-order valence-electron chi connectivity index (χ1n) is 9.60. The summed E-state index contributed by atoms with van der Waals surface area (Å²) in [4.78, 5) is 0. The first kappa shape index (κ1) is 18.3. The number of hydrogen-bond acceptors (Lipinski definition) is 2. The van der Waals surface area contributed by atoms with Crippen LogP contribution in [0.2, 0.25) is 0 Å². The second kappa shape index (κ2) is 9.32. The molecule has 2 nitrogen and oxygen atoms in total. The van der Waals surface area contributed by atoms with Gasteiger partial charge in [-0.3, -0.25) is 0 Å². The lowest BCUT2D eigenvalue weighted by molar-refractivity contribution is -0.113. The number of para-hydroxylation sites is 1. The highest BCUT2D eigenvalue weighted by Crippen LogP contribution is 2.37. The molecule has 1 aromatic rings. The lowest BCUT2D eigenvalue weighted by Gasteiger charge is -2.40. The Labute approximate surface area is 142 Å². The van der Waals surface area contributed by atoms with Crippen molar-refractivity contribution in [3.63, 3.8) is 0 Å². The molecule has 0 radical (unpaired) electrons. The largest absolute Gasteiger partial charge is 0.508 e. The molecule has 2 heteroatoms. The summed E-state index contributed by atoms with van der Waals surface area (Å²) < 4.78 is 6.61. The van der Waals surface area contributed by atoms with Crippen LogP contribution >= 0.6 is 0 Å². The molecule has 0 amide bonds. The molecular weight excluding hydrogens is 284 g/mol. The van der Waals surface area contributed by atoms with Crippen LogP contribution in [0.4, 0.5) is 0 Å². The summed E-state index contributed by atoms with van der Waals surface area (Å²) >= 11 is 0. The molecule has 0 saturated heterocycles. The molecule has 2 rings (SSSR count). The van der Waals surface area contributed by atoms with E-state index in [-0.39, 0.29) is 11.7 Å². The topological polar surface area (TPSA) is 29.5 Å². The van der Waals surface area contributed by atoms with Crippen molar-refractivity contribution in [2.75, 3.05) is 0 Å². The summed E-state index contributed by atoms with van der Waals surface area (Å²) in [5, 5.41) is 9.97. The van der Waals surface area contributed by atoms with E-state index in [0.717, 1.165) is 12.0 Å². The molecule has 0 heterocycles. The molecule has 1 aliphatic rings. The second-order valence-corrected chi connectivity index (χ2v) is 7.32. The fourth-order valence-electron chi connectivity index (χ4n) is 3.96. The van der Waals surface area contributed by atoms with Gasteiger partial charge in [0.05, 0.1) is 11.7 Å². The van der Waals surface area contributed by atoms with E-state index in [0.29, 0.717) is 5.75 Å². The van der Waals surface area contributed by atoms with Gasteiger partial charge in [-0.1, -0.05) is 70.1 Å². The summed E-state index contributed by atoms with van der Waals surface area (Å²) in [5.74, 6) is 0.392. The fraction of sp³-hybridized carbons (Fsp3) is 0.714. The van der Waals surface area contributed by atoms with Crippen LogP contribution in [0.25, 0.3) is 0 Å². The zero-order valence-corrected chi connectivity index (χ0v) is 15.0. The van der Waals surface area contributed by atoms with Gasteiger partial charge < -0.3 is 9.84 Å². The third-order valence-electron chi connectivity index (χ3n) is 5.20. The summed E-state index contributed by atoms with van der Waals surface area (Å²) in [6, 6.07) is 7.64. The molecule has 1 aromatic carbocycles. The quantitative estimate of drug-likeness (QED) is 0.565. The lowest BCUT2D eigenvalue weighted by Crippen LogP contribution is -2.38. The molecule has 0 spiro atoms. The Morgan fingerprint density at radius 1 is 1.09 bits per heavy atom. The number of unbranched alkanes of at least 4 members (excludes halogenated alkanes) is 3. The lowest BCUT2D eigenvalue weighted by atomic mass is 9.80. The predicted molar refractivity (Wildman–Crippen MR) is 96.9 cm³/mol. The third kappa shape index (κ3) is 5.84. The number of ether oxygens (including phenoxy) is 1. The fourth-order valence-corrected chi connectivity index (χ4v) is 3.96. The van der Waals surface area contributed by atoms with E-state index in [9.17, 15) is 5.11 Å². The second-order valence-electron chi connectivity index (χ2n) is 7.32. The number of benzene rings is 1. The minimum absolute atomic E-state index is 0.0931.